The summed E-state index contributed by atoms with van der Waals surface area (Å²) in [5.41, 5.74) is 0. The average molecular weight is 282 g/mol. The van der Waals surface area contributed by atoms with Gasteiger partial charge in [0.25, 0.3) is 5.96 Å². The average Bonchev–Trinajstić information content (AvgIpc) is 2.58. The minimum absolute atomic E-state index is 0. The fourth-order valence-electron chi connectivity index (χ4n) is 0.792. The summed E-state index contributed by atoms with van der Waals surface area (Å²) in [6.45, 7) is 0.387. The molecule has 2 N–H and O–H groups in total. The van der Waals surface area contributed by atoms with Crippen LogP contribution in [0, 0.1) is 10.1 Å². The number of nitrogens with zero attached hydrogens (tertiary/aromatic N) is 3. The first-order valence-electron chi connectivity index (χ1n) is 3.86. The molecule has 1 heterocycles. The number of guanidine groups is 1. The second-order valence-corrected chi connectivity index (χ2v) is 4.07. The zero-order valence-corrected chi connectivity index (χ0v) is 10.5. The number of aromatic nitrogens is 1. The summed E-state index contributed by atoms with van der Waals surface area (Å²) in [4.78, 5) is 14.8. The highest BCUT2D eigenvalue weighted by Crippen LogP contribution is 2.16. The van der Waals surface area contributed by atoms with E-state index in [4.69, 9.17) is 11.6 Å². The Bertz CT molecular complexity index is 383. The minimum atomic E-state index is -0.779. The van der Waals surface area contributed by atoms with E-state index in [1.54, 1.807) is 6.20 Å². The van der Waals surface area contributed by atoms with E-state index in [2.05, 4.69) is 20.7 Å². The topological polar surface area (TPSA) is 92.5 Å². The third kappa shape index (κ3) is 5.14. The van der Waals surface area contributed by atoms with Crippen molar-refractivity contribution in [3.05, 3.63) is 25.7 Å². The van der Waals surface area contributed by atoms with Crippen molar-refractivity contribution in [1.82, 2.24) is 15.6 Å². The number of rotatable bonds is 3. The zero-order chi connectivity index (χ0) is 11.3. The molecule has 1 rings (SSSR count). The molecule has 0 atom stereocenters. The van der Waals surface area contributed by atoms with Crippen molar-refractivity contribution >= 4 is 42.4 Å². The number of hydrogen-bond acceptors (Lipinski definition) is 4. The third-order valence-electron chi connectivity index (χ3n) is 1.37. The van der Waals surface area contributed by atoms with Gasteiger partial charge in [0.05, 0.1) is 6.54 Å². The molecule has 0 aliphatic rings. The van der Waals surface area contributed by atoms with Crippen LogP contribution in [0.5, 0.6) is 0 Å². The molecule has 0 amide bonds. The van der Waals surface area contributed by atoms with E-state index in [-0.39, 0.29) is 19.5 Å². The number of thiazole rings is 1. The third-order valence-corrected chi connectivity index (χ3v) is 2.49. The van der Waals surface area contributed by atoms with Crippen LogP contribution < -0.4 is 10.6 Å². The molecule has 0 aliphatic heterocycles. The first-order chi connectivity index (χ1) is 7.11. The predicted octanol–water partition coefficient (Wildman–Crippen LogP) is 1.30. The lowest BCUT2D eigenvalue weighted by molar-refractivity contribution is -0.485. The van der Waals surface area contributed by atoms with Crippen molar-refractivity contribution in [3.63, 3.8) is 0 Å². The van der Waals surface area contributed by atoms with E-state index in [0.717, 1.165) is 4.88 Å². The standard InChI is InChI=1S/C6H8ClN5O2S.S/c1-8-6(11-12(13)14)10-3-4-2-9-5(7)15-4;/h2H,3H2,1H3,(H2,8,10,11);. The molecule has 7 nitrogen and oxygen atoms in total. The molecular weight excluding hydrogens is 274 g/mol. The second kappa shape index (κ2) is 7.25. The SMILES string of the molecule is CN/C(=N\[N+](=O)[O-])NCc1cnc(Cl)s1.[S]. The molecule has 0 saturated heterocycles. The molecule has 16 heavy (non-hydrogen) atoms. The molecular formula is C6H8ClN5O2S2. The Hall–Kier alpha value is -1.06. The summed E-state index contributed by atoms with van der Waals surface area (Å²) in [5.74, 6) is 0.0875. The minimum Gasteiger partial charge on any atom is -0.354 e. The van der Waals surface area contributed by atoms with Gasteiger partial charge >= 0.3 is 0 Å². The van der Waals surface area contributed by atoms with Gasteiger partial charge < -0.3 is 10.6 Å². The largest absolute Gasteiger partial charge is 0.354 e. The molecule has 0 saturated carbocycles. The molecule has 0 unspecified atom stereocenters. The van der Waals surface area contributed by atoms with Crippen molar-refractivity contribution < 1.29 is 5.03 Å². The van der Waals surface area contributed by atoms with Crippen LogP contribution in [-0.4, -0.2) is 23.0 Å². The molecule has 0 spiro atoms. The summed E-state index contributed by atoms with van der Waals surface area (Å²) in [5, 5.41) is 17.7. The smallest absolute Gasteiger partial charge is 0.268 e. The van der Waals surface area contributed by atoms with Crippen LogP contribution in [-0.2, 0) is 6.54 Å². The maximum Gasteiger partial charge on any atom is 0.268 e. The van der Waals surface area contributed by atoms with Crippen molar-refractivity contribution in [2.75, 3.05) is 7.05 Å². The molecule has 88 valence electrons. The molecule has 0 fully saturated rings. The van der Waals surface area contributed by atoms with Gasteiger partial charge in [-0.2, -0.15) is 0 Å². The Kier molecular flexibility index (Phi) is 6.77. The summed E-state index contributed by atoms with van der Waals surface area (Å²) >= 11 is 6.92. The van der Waals surface area contributed by atoms with Crippen molar-refractivity contribution in [1.29, 1.82) is 0 Å². The van der Waals surface area contributed by atoms with E-state index in [9.17, 15) is 10.1 Å². The van der Waals surface area contributed by atoms with Gasteiger partial charge in [-0.25, -0.2) is 15.1 Å². The maximum atomic E-state index is 10.1. The quantitative estimate of drug-likeness (QED) is 0.377. The molecule has 10 heteroatoms. The molecule has 0 aromatic carbocycles. The number of nitro groups is 1. The van der Waals surface area contributed by atoms with E-state index in [1.165, 1.54) is 18.4 Å². The summed E-state index contributed by atoms with van der Waals surface area (Å²) in [6, 6.07) is 0. The molecule has 2 radical (unpaired) electrons. The maximum absolute atomic E-state index is 10.1. The first-order valence-corrected chi connectivity index (χ1v) is 5.06. The van der Waals surface area contributed by atoms with Crippen LogP contribution in [0.4, 0.5) is 0 Å². The lowest BCUT2D eigenvalue weighted by Gasteiger charge is -2.02. The fourth-order valence-corrected chi connectivity index (χ4v) is 1.71. The highest BCUT2D eigenvalue weighted by Gasteiger charge is 2.04. The molecule has 0 aliphatic carbocycles. The highest BCUT2D eigenvalue weighted by atomic mass is 35.5. The van der Waals surface area contributed by atoms with Gasteiger partial charge in [-0.15, -0.1) is 11.3 Å². The molecule has 1 aromatic rings. The van der Waals surface area contributed by atoms with Gasteiger partial charge in [0.2, 0.25) is 0 Å². The molecule has 1 aromatic heterocycles. The first kappa shape index (κ1) is 14.9. The van der Waals surface area contributed by atoms with Crippen molar-refractivity contribution in [2.24, 2.45) is 5.10 Å². The van der Waals surface area contributed by atoms with Gasteiger partial charge in [-0.3, -0.25) is 0 Å². The van der Waals surface area contributed by atoms with Crippen molar-refractivity contribution in [3.8, 4) is 0 Å². The normalized spacial score (nSPS) is 10.5. The van der Waals surface area contributed by atoms with Crippen LogP contribution in [0.25, 0.3) is 0 Å². The summed E-state index contributed by atoms with van der Waals surface area (Å²) in [7, 11) is 1.54. The number of hydrazone groups is 1. The summed E-state index contributed by atoms with van der Waals surface area (Å²) < 4.78 is 0.434. The van der Waals surface area contributed by atoms with E-state index in [1.807, 2.05) is 0 Å². The van der Waals surface area contributed by atoms with Crippen LogP contribution in [0.2, 0.25) is 4.47 Å². The van der Waals surface area contributed by atoms with Gasteiger partial charge in [-0.05, 0) is 0 Å². The highest BCUT2D eigenvalue weighted by molar-refractivity contribution is 7.59. The lowest BCUT2D eigenvalue weighted by atomic mass is 10.5. The Morgan fingerprint density at radius 1 is 1.81 bits per heavy atom. The molecule has 0 bridgehead atoms. The number of nitrogens with one attached hydrogen (secondary N) is 2. The number of hydrogen-bond donors (Lipinski definition) is 2. The monoisotopic (exact) mass is 281 g/mol. The second-order valence-electron chi connectivity index (χ2n) is 2.37. The fraction of sp³-hybridized carbons (Fsp3) is 0.333. The Balaban J connectivity index is 0.00000225. The lowest BCUT2D eigenvalue weighted by Crippen LogP contribution is -2.34. The van der Waals surface area contributed by atoms with E-state index >= 15 is 0 Å². The Morgan fingerprint density at radius 3 is 2.94 bits per heavy atom. The van der Waals surface area contributed by atoms with Crippen LogP contribution >= 0.6 is 36.4 Å². The van der Waals surface area contributed by atoms with Crippen LogP contribution in [0.15, 0.2) is 11.3 Å². The van der Waals surface area contributed by atoms with E-state index in [0.29, 0.717) is 11.0 Å². The summed E-state index contributed by atoms with van der Waals surface area (Å²) in [6.07, 6.45) is 1.60. The number of halogens is 1. The van der Waals surface area contributed by atoms with Gasteiger partial charge in [0.1, 0.15) is 5.10 Å². The Labute approximate surface area is 108 Å². The van der Waals surface area contributed by atoms with E-state index < -0.39 is 5.03 Å². The zero-order valence-electron chi connectivity index (χ0n) is 8.14. The van der Waals surface area contributed by atoms with Crippen LogP contribution in [0.3, 0.4) is 0 Å². The van der Waals surface area contributed by atoms with Gasteiger partial charge in [-0.1, -0.05) is 11.6 Å². The Morgan fingerprint density at radius 2 is 2.50 bits per heavy atom. The van der Waals surface area contributed by atoms with Gasteiger partial charge in [0, 0.05) is 31.6 Å². The van der Waals surface area contributed by atoms with Crippen molar-refractivity contribution in [2.45, 2.75) is 6.54 Å². The van der Waals surface area contributed by atoms with Crippen LogP contribution in [0.1, 0.15) is 4.88 Å². The predicted molar refractivity (Wildman–Crippen MR) is 65.0 cm³/mol. The van der Waals surface area contributed by atoms with Gasteiger partial charge in [0.15, 0.2) is 9.50 Å².